The third kappa shape index (κ3) is 2.74. The number of nitrogens with zero attached hydrogens (tertiary/aromatic N) is 2. The summed E-state index contributed by atoms with van der Waals surface area (Å²) in [7, 11) is 0. The Kier molecular flexibility index (Phi) is 3.34. The summed E-state index contributed by atoms with van der Waals surface area (Å²) in [6, 6.07) is 16.4. The highest BCUT2D eigenvalue weighted by molar-refractivity contribution is 6.06. The number of benzene rings is 2. The number of amides is 1. The van der Waals surface area contributed by atoms with Gasteiger partial charge in [-0.1, -0.05) is 42.5 Å². The summed E-state index contributed by atoms with van der Waals surface area (Å²) in [4.78, 5) is 16.3. The fourth-order valence-corrected chi connectivity index (χ4v) is 1.92. The van der Waals surface area contributed by atoms with Crippen molar-refractivity contribution in [2.75, 3.05) is 11.1 Å². The second-order valence-electron chi connectivity index (χ2n) is 4.42. The summed E-state index contributed by atoms with van der Waals surface area (Å²) in [5.41, 5.74) is 7.46. The first-order valence-electron chi connectivity index (χ1n) is 6.38. The van der Waals surface area contributed by atoms with E-state index in [2.05, 4.69) is 20.5 Å². The van der Waals surface area contributed by atoms with Crippen LogP contribution in [0.4, 0.5) is 11.6 Å². The third-order valence-electron chi connectivity index (χ3n) is 2.96. The molecule has 3 rings (SSSR count). The van der Waals surface area contributed by atoms with Crippen LogP contribution in [0.2, 0.25) is 0 Å². The number of anilines is 2. The topological polar surface area (TPSA) is 96.7 Å². The normalized spacial score (nSPS) is 10.3. The molecule has 0 fully saturated rings. The number of rotatable bonds is 3. The molecule has 2 aromatic carbocycles. The average Bonchev–Trinajstić information content (AvgIpc) is 2.97. The van der Waals surface area contributed by atoms with Gasteiger partial charge in [0, 0.05) is 11.3 Å². The van der Waals surface area contributed by atoms with Gasteiger partial charge in [-0.2, -0.15) is 4.98 Å². The molecule has 0 saturated heterocycles. The Balaban J connectivity index is 1.79. The van der Waals surface area contributed by atoms with E-state index in [1.165, 1.54) is 0 Å². The second kappa shape index (κ2) is 5.46. The molecule has 0 aliphatic rings. The lowest BCUT2D eigenvalue weighted by Crippen LogP contribution is -2.14. The number of nitrogens with two attached hydrogens (primary N) is 1. The number of para-hydroxylation sites is 1. The number of hydrogen-bond donors (Lipinski definition) is 3. The molecule has 0 aliphatic heterocycles. The van der Waals surface area contributed by atoms with Crippen molar-refractivity contribution in [1.82, 2.24) is 15.2 Å². The molecule has 0 aliphatic carbocycles. The number of carbonyl (C=O) groups is 1. The zero-order valence-electron chi connectivity index (χ0n) is 11.1. The molecule has 21 heavy (non-hydrogen) atoms. The van der Waals surface area contributed by atoms with Gasteiger partial charge in [-0.05, 0) is 12.1 Å². The highest BCUT2D eigenvalue weighted by Crippen LogP contribution is 2.16. The van der Waals surface area contributed by atoms with E-state index < -0.39 is 0 Å². The molecule has 4 N–H and O–H groups in total. The molecule has 0 bridgehead atoms. The van der Waals surface area contributed by atoms with Crippen molar-refractivity contribution in [3.63, 3.8) is 0 Å². The number of H-pyrrole nitrogens is 1. The van der Waals surface area contributed by atoms with Gasteiger partial charge in [0.05, 0.1) is 5.56 Å². The van der Waals surface area contributed by atoms with Crippen molar-refractivity contribution >= 4 is 17.5 Å². The van der Waals surface area contributed by atoms with E-state index in [1.54, 1.807) is 24.3 Å². The number of nitrogen functional groups attached to an aromatic ring is 1. The Morgan fingerprint density at radius 3 is 2.52 bits per heavy atom. The van der Waals surface area contributed by atoms with Gasteiger partial charge in [-0.25, -0.2) is 0 Å². The van der Waals surface area contributed by atoms with Crippen LogP contribution in [0.25, 0.3) is 11.4 Å². The quantitative estimate of drug-likeness (QED) is 0.641. The van der Waals surface area contributed by atoms with Crippen LogP contribution >= 0.6 is 0 Å². The SMILES string of the molecule is Nc1ccccc1C(=O)Nc1n[nH]c(-c2ccccc2)n1. The summed E-state index contributed by atoms with van der Waals surface area (Å²) in [6.45, 7) is 0. The van der Waals surface area contributed by atoms with Gasteiger partial charge >= 0.3 is 0 Å². The highest BCUT2D eigenvalue weighted by atomic mass is 16.1. The van der Waals surface area contributed by atoms with Crippen LogP contribution in [0.3, 0.4) is 0 Å². The van der Waals surface area contributed by atoms with Crippen molar-refractivity contribution in [2.24, 2.45) is 0 Å². The minimum absolute atomic E-state index is 0.210. The fourth-order valence-electron chi connectivity index (χ4n) is 1.92. The number of hydrogen-bond acceptors (Lipinski definition) is 4. The Bertz CT molecular complexity index is 766. The van der Waals surface area contributed by atoms with Crippen LogP contribution in [0.15, 0.2) is 54.6 Å². The molecule has 0 spiro atoms. The summed E-state index contributed by atoms with van der Waals surface area (Å²) in [5.74, 6) is 0.459. The van der Waals surface area contributed by atoms with Crippen LogP contribution < -0.4 is 11.1 Å². The number of aromatic nitrogens is 3. The van der Waals surface area contributed by atoms with Crippen LogP contribution in [-0.4, -0.2) is 21.1 Å². The third-order valence-corrected chi connectivity index (χ3v) is 2.96. The monoisotopic (exact) mass is 279 g/mol. The molecule has 6 heteroatoms. The summed E-state index contributed by atoms with van der Waals surface area (Å²) < 4.78 is 0. The van der Waals surface area contributed by atoms with Gasteiger partial charge in [-0.15, -0.1) is 5.10 Å². The first-order chi connectivity index (χ1) is 10.2. The summed E-state index contributed by atoms with van der Waals surface area (Å²) in [5, 5.41) is 9.38. The maximum absolute atomic E-state index is 12.1. The summed E-state index contributed by atoms with van der Waals surface area (Å²) in [6.07, 6.45) is 0. The van der Waals surface area contributed by atoms with E-state index in [0.29, 0.717) is 17.1 Å². The Morgan fingerprint density at radius 2 is 1.76 bits per heavy atom. The molecule has 104 valence electrons. The Labute approximate surface area is 121 Å². The minimum Gasteiger partial charge on any atom is -0.398 e. The van der Waals surface area contributed by atoms with Gasteiger partial charge in [0.25, 0.3) is 5.91 Å². The second-order valence-corrected chi connectivity index (χ2v) is 4.42. The fraction of sp³-hybridized carbons (Fsp3) is 0. The van der Waals surface area contributed by atoms with E-state index in [1.807, 2.05) is 30.3 Å². The van der Waals surface area contributed by atoms with E-state index in [4.69, 9.17) is 5.73 Å². The van der Waals surface area contributed by atoms with Crippen LogP contribution in [-0.2, 0) is 0 Å². The van der Waals surface area contributed by atoms with E-state index in [0.717, 1.165) is 5.56 Å². The standard InChI is InChI=1S/C15H13N5O/c16-12-9-5-4-8-11(12)14(21)18-15-17-13(19-20-15)10-6-2-1-3-7-10/h1-9H,16H2,(H2,17,18,19,20,21). The predicted molar refractivity (Wildman–Crippen MR) is 80.6 cm³/mol. The zero-order chi connectivity index (χ0) is 14.7. The molecule has 1 heterocycles. The van der Waals surface area contributed by atoms with E-state index in [-0.39, 0.29) is 11.9 Å². The zero-order valence-corrected chi connectivity index (χ0v) is 11.1. The van der Waals surface area contributed by atoms with Crippen molar-refractivity contribution in [2.45, 2.75) is 0 Å². The maximum Gasteiger partial charge on any atom is 0.260 e. The van der Waals surface area contributed by atoms with Gasteiger partial charge in [0.15, 0.2) is 5.82 Å². The number of aromatic amines is 1. The maximum atomic E-state index is 12.1. The predicted octanol–water partition coefficient (Wildman–Crippen LogP) is 2.31. The van der Waals surface area contributed by atoms with Gasteiger partial charge in [0.2, 0.25) is 5.95 Å². The number of nitrogens with one attached hydrogen (secondary N) is 2. The van der Waals surface area contributed by atoms with Crippen LogP contribution in [0, 0.1) is 0 Å². The molecule has 1 aromatic heterocycles. The molecule has 6 nitrogen and oxygen atoms in total. The van der Waals surface area contributed by atoms with Gasteiger partial charge in [-0.3, -0.25) is 15.2 Å². The lowest BCUT2D eigenvalue weighted by atomic mass is 10.2. The van der Waals surface area contributed by atoms with Crippen molar-refractivity contribution in [1.29, 1.82) is 0 Å². The minimum atomic E-state index is -0.341. The smallest absolute Gasteiger partial charge is 0.260 e. The lowest BCUT2D eigenvalue weighted by Gasteiger charge is -2.03. The molecular weight excluding hydrogens is 266 g/mol. The Hall–Kier alpha value is -3.15. The molecular formula is C15H13N5O. The molecule has 0 unspecified atom stereocenters. The van der Waals surface area contributed by atoms with E-state index in [9.17, 15) is 4.79 Å². The van der Waals surface area contributed by atoms with Gasteiger partial charge in [0.1, 0.15) is 0 Å². The Morgan fingerprint density at radius 1 is 1.05 bits per heavy atom. The van der Waals surface area contributed by atoms with Crippen molar-refractivity contribution in [3.8, 4) is 11.4 Å². The molecule has 1 amide bonds. The van der Waals surface area contributed by atoms with Crippen LogP contribution in [0.5, 0.6) is 0 Å². The van der Waals surface area contributed by atoms with E-state index >= 15 is 0 Å². The first-order valence-corrected chi connectivity index (χ1v) is 6.38. The lowest BCUT2D eigenvalue weighted by molar-refractivity contribution is 0.102. The molecule has 3 aromatic rings. The molecule has 0 atom stereocenters. The van der Waals surface area contributed by atoms with Crippen LogP contribution in [0.1, 0.15) is 10.4 Å². The highest BCUT2D eigenvalue weighted by Gasteiger charge is 2.12. The van der Waals surface area contributed by atoms with Crippen molar-refractivity contribution < 1.29 is 4.79 Å². The molecule has 0 radical (unpaired) electrons. The average molecular weight is 279 g/mol. The molecule has 0 saturated carbocycles. The first kappa shape index (κ1) is 12.9. The van der Waals surface area contributed by atoms with Crippen molar-refractivity contribution in [3.05, 3.63) is 60.2 Å². The largest absolute Gasteiger partial charge is 0.398 e. The van der Waals surface area contributed by atoms with Gasteiger partial charge < -0.3 is 5.73 Å². The number of carbonyl (C=O) groups excluding carboxylic acids is 1. The summed E-state index contributed by atoms with van der Waals surface area (Å²) >= 11 is 0.